The second-order valence-corrected chi connectivity index (χ2v) is 5.48. The Hall–Kier alpha value is -2.29. The predicted molar refractivity (Wildman–Crippen MR) is 65.8 cm³/mol. The molecule has 2 rings (SSSR count). The van der Waals surface area contributed by atoms with E-state index in [1.165, 1.54) is 0 Å². The first-order valence-electron chi connectivity index (χ1n) is 5.17. The first-order chi connectivity index (χ1) is 9.29. The largest absolute Gasteiger partial charge is 0.396 e. The molecule has 1 aromatic heterocycles. The molecule has 0 fully saturated rings. The van der Waals surface area contributed by atoms with Crippen molar-refractivity contribution in [3.8, 4) is 0 Å². The van der Waals surface area contributed by atoms with E-state index in [1.807, 2.05) is 4.72 Å². The molecule has 9 heteroatoms. The van der Waals surface area contributed by atoms with Crippen molar-refractivity contribution in [2.45, 2.75) is 4.90 Å². The van der Waals surface area contributed by atoms with Crippen molar-refractivity contribution in [2.75, 3.05) is 10.5 Å². The Balaban J connectivity index is 2.41. The minimum Gasteiger partial charge on any atom is -0.396 e. The molecule has 0 spiro atoms. The van der Waals surface area contributed by atoms with Crippen LogP contribution in [0.15, 0.2) is 35.5 Å². The molecule has 0 saturated heterocycles. The van der Waals surface area contributed by atoms with Crippen LogP contribution in [0.4, 0.5) is 24.5 Å². The number of nitrogens with two attached hydrogens (primary N) is 1. The van der Waals surface area contributed by atoms with Crippen LogP contribution in [0, 0.1) is 17.5 Å². The summed E-state index contributed by atoms with van der Waals surface area (Å²) in [5, 5.41) is 0. The number of pyridine rings is 1. The van der Waals surface area contributed by atoms with Gasteiger partial charge in [-0.2, -0.15) is 0 Å². The number of anilines is 2. The van der Waals surface area contributed by atoms with Crippen molar-refractivity contribution in [3.05, 3.63) is 48.0 Å². The molecule has 0 aliphatic rings. The number of rotatable bonds is 3. The van der Waals surface area contributed by atoms with Gasteiger partial charge in [0.2, 0.25) is 0 Å². The van der Waals surface area contributed by atoms with Crippen molar-refractivity contribution in [3.63, 3.8) is 0 Å². The quantitative estimate of drug-likeness (QED) is 0.848. The van der Waals surface area contributed by atoms with Gasteiger partial charge in [-0.25, -0.2) is 21.6 Å². The van der Waals surface area contributed by atoms with Crippen LogP contribution in [0.3, 0.4) is 0 Å². The number of halogens is 3. The highest BCUT2D eigenvalue weighted by atomic mass is 32.2. The maximum atomic E-state index is 13.4. The van der Waals surface area contributed by atoms with Gasteiger partial charge in [-0.15, -0.1) is 0 Å². The topological polar surface area (TPSA) is 85.1 Å². The van der Waals surface area contributed by atoms with Crippen molar-refractivity contribution in [1.29, 1.82) is 0 Å². The zero-order valence-electron chi connectivity index (χ0n) is 9.77. The summed E-state index contributed by atoms with van der Waals surface area (Å²) in [6, 6.07) is 1.94. The van der Waals surface area contributed by atoms with Crippen molar-refractivity contribution >= 4 is 21.4 Å². The van der Waals surface area contributed by atoms with E-state index >= 15 is 0 Å². The van der Waals surface area contributed by atoms with Crippen molar-refractivity contribution in [2.24, 2.45) is 0 Å². The summed E-state index contributed by atoms with van der Waals surface area (Å²) < 4.78 is 65.0. The fraction of sp³-hybridized carbons (Fsp3) is 0. The minimum atomic E-state index is -4.26. The van der Waals surface area contributed by atoms with E-state index in [0.717, 1.165) is 18.5 Å². The minimum absolute atomic E-state index is 0.429. The molecular formula is C11H8F3N3O2S. The lowest BCUT2D eigenvalue weighted by molar-refractivity contribution is 0.583. The molecule has 5 nitrogen and oxygen atoms in total. The smallest absolute Gasteiger partial charge is 0.263 e. The third-order valence-corrected chi connectivity index (χ3v) is 3.65. The Kier molecular flexibility index (Phi) is 3.53. The van der Waals surface area contributed by atoms with Gasteiger partial charge in [-0.05, 0) is 12.1 Å². The number of nitrogen functional groups attached to an aromatic ring is 1. The molecule has 0 aliphatic carbocycles. The van der Waals surface area contributed by atoms with Crippen molar-refractivity contribution < 1.29 is 21.6 Å². The Morgan fingerprint density at radius 2 is 1.75 bits per heavy atom. The van der Waals surface area contributed by atoms with Gasteiger partial charge in [-0.1, -0.05) is 0 Å². The average molecular weight is 303 g/mol. The maximum absolute atomic E-state index is 13.4. The van der Waals surface area contributed by atoms with Gasteiger partial charge < -0.3 is 5.73 Å². The average Bonchev–Trinajstić information content (AvgIpc) is 2.36. The highest BCUT2D eigenvalue weighted by molar-refractivity contribution is 7.92. The van der Waals surface area contributed by atoms with Gasteiger partial charge in [0.25, 0.3) is 10.0 Å². The van der Waals surface area contributed by atoms with E-state index in [1.54, 1.807) is 0 Å². The van der Waals surface area contributed by atoms with Crippen LogP contribution in [-0.4, -0.2) is 13.4 Å². The first-order valence-corrected chi connectivity index (χ1v) is 6.66. The summed E-state index contributed by atoms with van der Waals surface area (Å²) in [5.74, 6) is -3.03. The molecule has 106 valence electrons. The lowest BCUT2D eigenvalue weighted by atomic mass is 10.2. The number of aromatic nitrogens is 1. The molecule has 2 aromatic rings. The zero-order valence-corrected chi connectivity index (χ0v) is 10.6. The Morgan fingerprint density at radius 1 is 1.05 bits per heavy atom. The van der Waals surface area contributed by atoms with Gasteiger partial charge in [0.05, 0.1) is 17.6 Å². The van der Waals surface area contributed by atoms with Crippen LogP contribution >= 0.6 is 0 Å². The number of benzene rings is 1. The molecule has 0 bridgehead atoms. The standard InChI is InChI=1S/C11H8F3N3O2S/c12-6-1-7(5-16-4-6)20(18,19)17-11-3-10(15)8(13)2-9(11)14/h1-5,17H,15H2. The Morgan fingerprint density at radius 3 is 2.40 bits per heavy atom. The zero-order chi connectivity index (χ0) is 14.9. The second kappa shape index (κ2) is 5.00. The molecule has 20 heavy (non-hydrogen) atoms. The van der Waals surface area contributed by atoms with Crippen LogP contribution in [0.2, 0.25) is 0 Å². The summed E-state index contributed by atoms with van der Waals surface area (Å²) in [6.07, 6.45) is 1.70. The highest BCUT2D eigenvalue weighted by Gasteiger charge is 2.18. The summed E-state index contributed by atoms with van der Waals surface area (Å²) in [6.45, 7) is 0. The van der Waals surface area contributed by atoms with E-state index in [0.29, 0.717) is 12.1 Å². The third-order valence-electron chi connectivity index (χ3n) is 2.32. The van der Waals surface area contributed by atoms with Crippen LogP contribution < -0.4 is 10.5 Å². The molecule has 0 aliphatic heterocycles. The first kappa shape index (κ1) is 14.1. The van der Waals surface area contributed by atoms with Crippen LogP contribution in [0.1, 0.15) is 0 Å². The summed E-state index contributed by atoms with van der Waals surface area (Å²) >= 11 is 0. The van der Waals surface area contributed by atoms with E-state index in [2.05, 4.69) is 4.98 Å². The van der Waals surface area contributed by atoms with E-state index in [4.69, 9.17) is 5.73 Å². The molecule has 0 saturated carbocycles. The molecule has 1 heterocycles. The lowest BCUT2D eigenvalue weighted by Gasteiger charge is -2.09. The van der Waals surface area contributed by atoms with E-state index < -0.39 is 43.7 Å². The van der Waals surface area contributed by atoms with Crippen LogP contribution in [0.5, 0.6) is 0 Å². The second-order valence-electron chi connectivity index (χ2n) is 3.80. The number of sulfonamides is 1. The molecule has 0 atom stereocenters. The molecule has 0 amide bonds. The predicted octanol–water partition coefficient (Wildman–Crippen LogP) is 1.88. The molecular weight excluding hydrogens is 295 g/mol. The normalized spacial score (nSPS) is 11.3. The monoisotopic (exact) mass is 303 g/mol. The maximum Gasteiger partial charge on any atom is 0.263 e. The number of hydrogen-bond donors (Lipinski definition) is 2. The van der Waals surface area contributed by atoms with Gasteiger partial charge >= 0.3 is 0 Å². The van der Waals surface area contributed by atoms with Crippen LogP contribution in [0.25, 0.3) is 0 Å². The van der Waals surface area contributed by atoms with Gasteiger partial charge in [0.1, 0.15) is 22.3 Å². The molecule has 1 aromatic carbocycles. The fourth-order valence-electron chi connectivity index (χ4n) is 1.39. The molecule has 0 radical (unpaired) electrons. The van der Waals surface area contributed by atoms with Gasteiger partial charge in [-0.3, -0.25) is 9.71 Å². The van der Waals surface area contributed by atoms with E-state index in [9.17, 15) is 21.6 Å². The number of hydrogen-bond acceptors (Lipinski definition) is 4. The van der Waals surface area contributed by atoms with Gasteiger partial charge in [0.15, 0.2) is 0 Å². The third kappa shape index (κ3) is 2.82. The summed E-state index contributed by atoms with van der Waals surface area (Å²) in [7, 11) is -4.26. The number of nitrogens with one attached hydrogen (secondary N) is 1. The Labute approximate surface area is 112 Å². The summed E-state index contributed by atoms with van der Waals surface area (Å²) in [4.78, 5) is 2.87. The van der Waals surface area contributed by atoms with Crippen LogP contribution in [-0.2, 0) is 10.0 Å². The highest BCUT2D eigenvalue weighted by Crippen LogP contribution is 2.23. The fourth-order valence-corrected chi connectivity index (χ4v) is 2.42. The SMILES string of the molecule is Nc1cc(NS(=O)(=O)c2cncc(F)c2)c(F)cc1F. The summed E-state index contributed by atoms with van der Waals surface area (Å²) in [5.41, 5.74) is 4.25. The van der Waals surface area contributed by atoms with Crippen molar-refractivity contribution in [1.82, 2.24) is 4.98 Å². The molecule has 3 N–H and O–H groups in total. The van der Waals surface area contributed by atoms with Gasteiger partial charge in [0, 0.05) is 12.3 Å². The Bertz CT molecular complexity index is 766. The molecule has 0 unspecified atom stereocenters. The van der Waals surface area contributed by atoms with E-state index in [-0.39, 0.29) is 0 Å². The lowest BCUT2D eigenvalue weighted by Crippen LogP contribution is -2.15. The number of nitrogens with zero attached hydrogens (tertiary/aromatic N) is 1.